The standard InChI is InChI=1S/C28H31F3N4O3/c1-17(26(36)37-2)25(19-4-5-19)20-6-3-18-9-10-27(38-21(18)15-20)11-13-34(14-12-27)24-8-7-23-32-22(28(29,30)31)16-35(23)33-24/h3,6-8,15-17,19,25H,4-5,9-14H2,1-2H3/t17-,25-/m0/s1. The first-order valence-electron chi connectivity index (χ1n) is 13.2. The van der Waals surface area contributed by atoms with Crippen molar-refractivity contribution in [2.45, 2.75) is 63.1 Å². The summed E-state index contributed by atoms with van der Waals surface area (Å²) in [6.45, 7) is 3.34. The number of carbonyl (C=O) groups is 1. The van der Waals surface area contributed by atoms with Crippen molar-refractivity contribution in [2.75, 3.05) is 25.1 Å². The Kier molecular flexibility index (Phi) is 6.03. The maximum Gasteiger partial charge on any atom is 0.434 e. The number of esters is 1. The fraction of sp³-hybridized carbons (Fsp3) is 0.536. The minimum Gasteiger partial charge on any atom is -0.487 e. The summed E-state index contributed by atoms with van der Waals surface area (Å²) in [5, 5.41) is 4.40. The lowest BCUT2D eigenvalue weighted by atomic mass is 9.80. The highest BCUT2D eigenvalue weighted by Gasteiger charge is 2.42. The number of halogens is 3. The molecule has 1 aromatic carbocycles. The molecule has 7 nitrogen and oxygen atoms in total. The molecule has 1 saturated heterocycles. The van der Waals surface area contributed by atoms with Gasteiger partial charge in [-0.3, -0.25) is 4.79 Å². The number of ether oxygens (including phenoxy) is 2. The largest absolute Gasteiger partial charge is 0.487 e. The van der Waals surface area contributed by atoms with Crippen LogP contribution in [0.15, 0.2) is 36.5 Å². The third kappa shape index (κ3) is 4.58. The molecule has 3 aliphatic rings. The monoisotopic (exact) mass is 528 g/mol. The van der Waals surface area contributed by atoms with E-state index < -0.39 is 11.9 Å². The zero-order valence-electron chi connectivity index (χ0n) is 21.5. The number of imidazole rings is 1. The van der Waals surface area contributed by atoms with E-state index in [0.29, 0.717) is 24.8 Å². The van der Waals surface area contributed by atoms with E-state index in [1.165, 1.54) is 17.2 Å². The molecule has 0 bridgehead atoms. The predicted molar refractivity (Wildman–Crippen MR) is 134 cm³/mol. The molecule has 6 rings (SSSR count). The van der Waals surface area contributed by atoms with Crippen LogP contribution in [0.5, 0.6) is 5.75 Å². The van der Waals surface area contributed by atoms with Crippen LogP contribution < -0.4 is 9.64 Å². The molecule has 0 radical (unpaired) electrons. The summed E-state index contributed by atoms with van der Waals surface area (Å²) < 4.78 is 52.1. The Hall–Kier alpha value is -3.30. The number of hydrogen-bond acceptors (Lipinski definition) is 6. The van der Waals surface area contributed by atoms with Crippen molar-refractivity contribution in [3.63, 3.8) is 0 Å². The van der Waals surface area contributed by atoms with Gasteiger partial charge in [-0.15, -0.1) is 5.10 Å². The molecule has 0 N–H and O–H groups in total. The molecule has 2 aliphatic heterocycles. The van der Waals surface area contributed by atoms with Crippen molar-refractivity contribution in [1.29, 1.82) is 0 Å². The third-order valence-electron chi connectivity index (χ3n) is 8.49. The van der Waals surface area contributed by atoms with Gasteiger partial charge in [-0.25, -0.2) is 9.50 Å². The SMILES string of the molecule is COC(=O)[C@@H](C)[C@H](c1ccc2c(c1)OC1(CC2)CCN(c2ccc3nc(C(F)(F)F)cn3n2)CC1)C1CC1. The van der Waals surface area contributed by atoms with Gasteiger partial charge in [0.2, 0.25) is 0 Å². The number of hydrogen-bond donors (Lipinski definition) is 0. The number of nitrogens with zero attached hydrogens (tertiary/aromatic N) is 4. The van der Waals surface area contributed by atoms with E-state index in [1.807, 2.05) is 6.92 Å². The Morgan fingerprint density at radius 3 is 2.61 bits per heavy atom. The summed E-state index contributed by atoms with van der Waals surface area (Å²) in [7, 11) is 1.44. The highest BCUT2D eigenvalue weighted by atomic mass is 19.4. The van der Waals surface area contributed by atoms with E-state index in [0.717, 1.165) is 56.0 Å². The first kappa shape index (κ1) is 25.0. The maximum atomic E-state index is 13.0. The normalized spacial score (nSPS) is 20.6. The number of benzene rings is 1. The molecule has 38 heavy (non-hydrogen) atoms. The zero-order valence-corrected chi connectivity index (χ0v) is 21.5. The van der Waals surface area contributed by atoms with Crippen LogP contribution in [0.25, 0.3) is 5.65 Å². The molecule has 2 fully saturated rings. The summed E-state index contributed by atoms with van der Waals surface area (Å²) in [5.74, 6) is 1.76. The number of aromatic nitrogens is 3. The van der Waals surface area contributed by atoms with Crippen molar-refractivity contribution in [2.24, 2.45) is 11.8 Å². The van der Waals surface area contributed by atoms with Crippen LogP contribution in [0.1, 0.15) is 61.8 Å². The summed E-state index contributed by atoms with van der Waals surface area (Å²) in [6, 6.07) is 9.73. The van der Waals surface area contributed by atoms with Crippen LogP contribution in [0, 0.1) is 11.8 Å². The van der Waals surface area contributed by atoms with E-state index in [1.54, 1.807) is 12.1 Å². The van der Waals surface area contributed by atoms with E-state index in [9.17, 15) is 18.0 Å². The number of piperidine rings is 1. The topological polar surface area (TPSA) is 69.0 Å². The third-order valence-corrected chi connectivity index (χ3v) is 8.49. The van der Waals surface area contributed by atoms with Gasteiger partial charge in [0.25, 0.3) is 0 Å². The van der Waals surface area contributed by atoms with E-state index in [2.05, 4.69) is 33.2 Å². The number of fused-ring (bicyclic) bond motifs is 2. The molecule has 2 atom stereocenters. The second-order valence-corrected chi connectivity index (χ2v) is 10.9. The molecular formula is C28H31F3N4O3. The summed E-state index contributed by atoms with van der Waals surface area (Å²) in [4.78, 5) is 18.1. The van der Waals surface area contributed by atoms with Crippen molar-refractivity contribution < 1.29 is 27.4 Å². The van der Waals surface area contributed by atoms with Crippen LogP contribution >= 0.6 is 0 Å². The maximum absolute atomic E-state index is 13.0. The number of anilines is 1. The summed E-state index contributed by atoms with van der Waals surface area (Å²) in [6.07, 6.45) is 2.10. The second kappa shape index (κ2) is 9.17. The van der Waals surface area contributed by atoms with Gasteiger partial charge >= 0.3 is 12.1 Å². The van der Waals surface area contributed by atoms with Crippen LogP contribution in [-0.4, -0.2) is 46.4 Å². The fourth-order valence-electron chi connectivity index (χ4n) is 6.16. The van der Waals surface area contributed by atoms with Crippen molar-refractivity contribution in [3.8, 4) is 5.75 Å². The summed E-state index contributed by atoms with van der Waals surface area (Å²) in [5.41, 5.74) is 1.26. The average Bonchev–Trinajstić information content (AvgIpc) is 3.63. The Bertz CT molecular complexity index is 1360. The molecular weight excluding hydrogens is 497 g/mol. The number of rotatable bonds is 5. The smallest absolute Gasteiger partial charge is 0.434 e. The van der Waals surface area contributed by atoms with Crippen LogP contribution in [0.3, 0.4) is 0 Å². The van der Waals surface area contributed by atoms with Gasteiger partial charge in [0.1, 0.15) is 17.2 Å². The quantitative estimate of drug-likeness (QED) is 0.413. The van der Waals surface area contributed by atoms with E-state index >= 15 is 0 Å². The molecule has 3 aromatic rings. The first-order chi connectivity index (χ1) is 18.2. The van der Waals surface area contributed by atoms with E-state index in [4.69, 9.17) is 9.47 Å². The van der Waals surface area contributed by atoms with Gasteiger partial charge in [0.15, 0.2) is 11.3 Å². The number of carbonyl (C=O) groups excluding carboxylic acids is 1. The van der Waals surface area contributed by atoms with Gasteiger partial charge in [-0.05, 0) is 66.8 Å². The summed E-state index contributed by atoms with van der Waals surface area (Å²) >= 11 is 0. The first-order valence-corrected chi connectivity index (χ1v) is 13.2. The number of methoxy groups -OCH3 is 1. The molecule has 10 heteroatoms. The molecule has 0 unspecified atom stereocenters. The lowest BCUT2D eigenvalue weighted by Crippen LogP contribution is -2.50. The highest BCUT2D eigenvalue weighted by Crippen LogP contribution is 2.49. The molecule has 202 valence electrons. The van der Waals surface area contributed by atoms with Crippen LogP contribution in [-0.2, 0) is 22.1 Å². The van der Waals surface area contributed by atoms with Crippen LogP contribution in [0.4, 0.5) is 19.0 Å². The Morgan fingerprint density at radius 2 is 1.92 bits per heavy atom. The molecule has 1 saturated carbocycles. The van der Waals surface area contributed by atoms with Crippen molar-refractivity contribution in [1.82, 2.24) is 14.6 Å². The fourth-order valence-corrected chi connectivity index (χ4v) is 6.16. The van der Waals surface area contributed by atoms with Crippen LogP contribution in [0.2, 0.25) is 0 Å². The Morgan fingerprint density at radius 1 is 1.16 bits per heavy atom. The number of alkyl halides is 3. The average molecular weight is 529 g/mol. The lowest BCUT2D eigenvalue weighted by molar-refractivity contribution is -0.146. The van der Waals surface area contributed by atoms with Gasteiger partial charge in [-0.1, -0.05) is 19.1 Å². The predicted octanol–water partition coefficient (Wildman–Crippen LogP) is 5.42. The Labute approximate surface area is 218 Å². The minimum absolute atomic E-state index is 0.123. The van der Waals surface area contributed by atoms with Gasteiger partial charge < -0.3 is 14.4 Å². The molecule has 2 aromatic heterocycles. The number of aryl methyl sites for hydroxylation is 1. The van der Waals surface area contributed by atoms with Gasteiger partial charge in [0.05, 0.1) is 19.2 Å². The van der Waals surface area contributed by atoms with E-state index in [-0.39, 0.29) is 29.1 Å². The van der Waals surface area contributed by atoms with Gasteiger partial charge in [-0.2, -0.15) is 13.2 Å². The minimum atomic E-state index is -4.50. The molecule has 1 aliphatic carbocycles. The molecule has 1 spiro atoms. The van der Waals surface area contributed by atoms with Crippen molar-refractivity contribution >= 4 is 17.4 Å². The zero-order chi connectivity index (χ0) is 26.7. The highest BCUT2D eigenvalue weighted by molar-refractivity contribution is 5.73. The Balaban J connectivity index is 1.17. The van der Waals surface area contributed by atoms with Gasteiger partial charge in [0, 0.05) is 25.9 Å². The second-order valence-electron chi connectivity index (χ2n) is 10.9. The molecule has 0 amide bonds. The lowest BCUT2D eigenvalue weighted by Gasteiger charge is -2.45. The van der Waals surface area contributed by atoms with Crippen molar-refractivity contribution in [3.05, 3.63) is 53.3 Å². The molecule has 4 heterocycles.